The van der Waals surface area contributed by atoms with Gasteiger partial charge in [-0.25, -0.2) is 13.4 Å². The number of benzene rings is 1. The number of pyridine rings is 1. The van der Waals surface area contributed by atoms with Crippen molar-refractivity contribution in [2.75, 3.05) is 0 Å². The lowest BCUT2D eigenvalue weighted by Crippen LogP contribution is -1.93. The van der Waals surface area contributed by atoms with Crippen LogP contribution in [0.4, 0.5) is 0 Å². The zero-order valence-corrected chi connectivity index (χ0v) is 12.3. The Bertz CT molecular complexity index is 681. The van der Waals surface area contributed by atoms with Crippen LogP contribution in [0, 0.1) is 0 Å². The Kier molecular flexibility index (Phi) is 4.20. The predicted molar refractivity (Wildman–Crippen MR) is 73.8 cm³/mol. The van der Waals surface area contributed by atoms with Gasteiger partial charge in [-0.1, -0.05) is 23.2 Å². The maximum atomic E-state index is 11.0. The molecule has 0 spiro atoms. The first-order valence-electron chi connectivity index (χ1n) is 4.89. The summed E-state index contributed by atoms with van der Waals surface area (Å²) in [6.07, 6.45) is 1.10. The highest BCUT2D eigenvalue weighted by Gasteiger charge is 2.10. The third kappa shape index (κ3) is 3.98. The second kappa shape index (κ2) is 5.54. The summed E-state index contributed by atoms with van der Waals surface area (Å²) in [5, 5.41) is 0.838. The van der Waals surface area contributed by atoms with Crippen LogP contribution in [0.5, 0.6) is 11.6 Å². The fourth-order valence-electron chi connectivity index (χ4n) is 1.28. The molecule has 1 aromatic carbocycles. The van der Waals surface area contributed by atoms with E-state index in [9.17, 15) is 8.42 Å². The molecule has 0 bridgehead atoms. The van der Waals surface area contributed by atoms with Gasteiger partial charge in [-0.15, -0.1) is 0 Å². The highest BCUT2D eigenvalue weighted by atomic mass is 35.7. The summed E-state index contributed by atoms with van der Waals surface area (Å²) in [5.41, 5.74) is 0. The Morgan fingerprint density at radius 2 is 1.68 bits per heavy atom. The molecule has 4 nitrogen and oxygen atoms in total. The molecule has 0 aliphatic rings. The Morgan fingerprint density at radius 3 is 2.16 bits per heavy atom. The van der Waals surface area contributed by atoms with Crippen LogP contribution < -0.4 is 4.74 Å². The highest BCUT2D eigenvalue weighted by molar-refractivity contribution is 8.13. The Balaban J connectivity index is 2.24. The SMILES string of the molecule is O=S(=O)(Cl)c1ccc(Oc2cc(Cl)cc(Cl)c2)nc1. The minimum absolute atomic E-state index is 0.106. The van der Waals surface area contributed by atoms with E-state index in [1.807, 2.05) is 0 Å². The van der Waals surface area contributed by atoms with Crippen molar-refractivity contribution in [2.24, 2.45) is 0 Å². The van der Waals surface area contributed by atoms with Gasteiger partial charge in [-0.05, 0) is 24.3 Å². The summed E-state index contributed by atoms with van der Waals surface area (Å²) in [6.45, 7) is 0. The lowest BCUT2D eigenvalue weighted by molar-refractivity contribution is 0.462. The zero-order valence-electron chi connectivity index (χ0n) is 9.18. The fourth-order valence-corrected chi connectivity index (χ4v) is 2.47. The van der Waals surface area contributed by atoms with E-state index in [2.05, 4.69) is 4.98 Å². The number of aromatic nitrogens is 1. The van der Waals surface area contributed by atoms with Crippen LogP contribution in [0.2, 0.25) is 10.0 Å². The molecule has 0 atom stereocenters. The van der Waals surface area contributed by atoms with E-state index in [1.54, 1.807) is 18.2 Å². The number of ether oxygens (including phenoxy) is 1. The van der Waals surface area contributed by atoms with Crippen molar-refractivity contribution in [3.05, 3.63) is 46.6 Å². The molecule has 0 amide bonds. The van der Waals surface area contributed by atoms with E-state index in [0.29, 0.717) is 15.8 Å². The van der Waals surface area contributed by atoms with Crippen LogP contribution in [0.1, 0.15) is 0 Å². The molecule has 0 saturated carbocycles. The molecule has 0 aliphatic carbocycles. The molecular weight excluding hydrogens is 333 g/mol. The average molecular weight is 339 g/mol. The summed E-state index contributed by atoms with van der Waals surface area (Å²) in [5.74, 6) is 0.592. The monoisotopic (exact) mass is 337 g/mol. The van der Waals surface area contributed by atoms with E-state index >= 15 is 0 Å². The molecule has 1 heterocycles. The van der Waals surface area contributed by atoms with E-state index in [4.69, 9.17) is 38.6 Å². The molecule has 0 unspecified atom stereocenters. The van der Waals surface area contributed by atoms with Crippen molar-refractivity contribution in [3.63, 3.8) is 0 Å². The van der Waals surface area contributed by atoms with Gasteiger partial charge in [0.15, 0.2) is 0 Å². The molecule has 2 aromatic rings. The van der Waals surface area contributed by atoms with Crippen molar-refractivity contribution in [3.8, 4) is 11.6 Å². The molecular formula is C11H6Cl3NO3S. The van der Waals surface area contributed by atoms with Crippen LogP contribution in [0.3, 0.4) is 0 Å². The van der Waals surface area contributed by atoms with Crippen LogP contribution in [-0.4, -0.2) is 13.4 Å². The molecule has 2 rings (SSSR count). The van der Waals surface area contributed by atoms with Crippen LogP contribution in [0.15, 0.2) is 41.4 Å². The predicted octanol–water partition coefficient (Wildman–Crippen LogP) is 4.11. The summed E-state index contributed by atoms with van der Waals surface area (Å²) in [7, 11) is 1.38. The van der Waals surface area contributed by atoms with Crippen molar-refractivity contribution in [1.29, 1.82) is 0 Å². The second-order valence-electron chi connectivity index (χ2n) is 3.48. The molecule has 100 valence electrons. The topological polar surface area (TPSA) is 56.3 Å². The normalized spacial score (nSPS) is 11.3. The van der Waals surface area contributed by atoms with Crippen molar-refractivity contribution >= 4 is 42.9 Å². The van der Waals surface area contributed by atoms with Crippen molar-refractivity contribution < 1.29 is 13.2 Å². The highest BCUT2D eigenvalue weighted by Crippen LogP contribution is 2.27. The standard InChI is InChI=1S/C11H6Cl3NO3S/c12-7-3-8(13)5-9(4-7)18-11-2-1-10(6-15-11)19(14,16)17/h1-6H. The maximum absolute atomic E-state index is 11.0. The largest absolute Gasteiger partial charge is 0.439 e. The number of hydrogen-bond donors (Lipinski definition) is 0. The molecule has 0 aliphatic heterocycles. The van der Waals surface area contributed by atoms with Gasteiger partial charge < -0.3 is 4.74 Å². The van der Waals surface area contributed by atoms with Crippen molar-refractivity contribution in [1.82, 2.24) is 4.98 Å². The first-order chi connectivity index (χ1) is 8.84. The van der Waals surface area contributed by atoms with Gasteiger partial charge in [0, 0.05) is 26.8 Å². The first-order valence-corrected chi connectivity index (χ1v) is 7.96. The molecule has 0 N–H and O–H groups in total. The summed E-state index contributed by atoms with van der Waals surface area (Å²) < 4.78 is 27.5. The minimum Gasteiger partial charge on any atom is -0.439 e. The van der Waals surface area contributed by atoms with Gasteiger partial charge in [0.25, 0.3) is 9.05 Å². The summed E-state index contributed by atoms with van der Waals surface area (Å²) in [6, 6.07) is 7.34. The third-order valence-corrected chi connectivity index (χ3v) is 3.82. The lowest BCUT2D eigenvalue weighted by atomic mass is 10.3. The average Bonchev–Trinajstić information content (AvgIpc) is 2.26. The minimum atomic E-state index is -3.79. The van der Waals surface area contributed by atoms with E-state index in [1.165, 1.54) is 12.1 Å². The van der Waals surface area contributed by atoms with Crippen LogP contribution >= 0.6 is 33.9 Å². The number of nitrogens with zero attached hydrogens (tertiary/aromatic N) is 1. The van der Waals surface area contributed by atoms with Crippen molar-refractivity contribution in [2.45, 2.75) is 4.90 Å². The zero-order chi connectivity index (χ0) is 14.0. The van der Waals surface area contributed by atoms with Crippen LogP contribution in [0.25, 0.3) is 0 Å². The summed E-state index contributed by atoms with van der Waals surface area (Å²) >= 11 is 11.6. The molecule has 8 heteroatoms. The molecule has 1 aromatic heterocycles. The van der Waals surface area contributed by atoms with Gasteiger partial charge >= 0.3 is 0 Å². The Hall–Kier alpha value is -1.01. The van der Waals surface area contributed by atoms with Gasteiger partial charge in [0.05, 0.1) is 6.20 Å². The van der Waals surface area contributed by atoms with E-state index < -0.39 is 9.05 Å². The molecule has 0 saturated heterocycles. The molecule has 0 fully saturated rings. The lowest BCUT2D eigenvalue weighted by Gasteiger charge is -2.05. The number of halogens is 3. The summed E-state index contributed by atoms with van der Waals surface area (Å²) in [4.78, 5) is 3.72. The number of hydrogen-bond acceptors (Lipinski definition) is 4. The van der Waals surface area contributed by atoms with Gasteiger partial charge in [0.1, 0.15) is 10.6 Å². The quantitative estimate of drug-likeness (QED) is 0.790. The van der Waals surface area contributed by atoms with Gasteiger partial charge in [-0.3, -0.25) is 0 Å². The molecule has 19 heavy (non-hydrogen) atoms. The van der Waals surface area contributed by atoms with E-state index in [-0.39, 0.29) is 10.8 Å². The first kappa shape index (κ1) is 14.4. The fraction of sp³-hybridized carbons (Fsp3) is 0. The Labute approximate surface area is 124 Å². The molecule has 0 radical (unpaired) electrons. The van der Waals surface area contributed by atoms with Gasteiger partial charge in [0.2, 0.25) is 5.88 Å². The van der Waals surface area contributed by atoms with Crippen LogP contribution in [-0.2, 0) is 9.05 Å². The van der Waals surface area contributed by atoms with E-state index in [0.717, 1.165) is 6.20 Å². The van der Waals surface area contributed by atoms with Gasteiger partial charge in [-0.2, -0.15) is 0 Å². The second-order valence-corrected chi connectivity index (χ2v) is 6.92. The smallest absolute Gasteiger partial charge is 0.262 e. The maximum Gasteiger partial charge on any atom is 0.262 e. The Morgan fingerprint density at radius 1 is 1.05 bits per heavy atom. The number of rotatable bonds is 3. The third-order valence-electron chi connectivity index (χ3n) is 2.05.